The highest BCUT2D eigenvalue weighted by atomic mass is 16.5. The normalized spacial score (nSPS) is 10.3. The van der Waals surface area contributed by atoms with Crippen molar-refractivity contribution in [3.05, 3.63) is 46.8 Å². The van der Waals surface area contributed by atoms with Crippen molar-refractivity contribution >= 4 is 5.91 Å². The van der Waals surface area contributed by atoms with Crippen LogP contribution in [0.25, 0.3) is 0 Å². The molecule has 0 saturated carbocycles. The molecule has 0 aliphatic heterocycles. The number of benzene rings is 1. The van der Waals surface area contributed by atoms with Gasteiger partial charge in [0.05, 0.1) is 12.2 Å². The van der Waals surface area contributed by atoms with Crippen molar-refractivity contribution in [2.24, 2.45) is 0 Å². The van der Waals surface area contributed by atoms with E-state index >= 15 is 0 Å². The number of amides is 1. The van der Waals surface area contributed by atoms with Gasteiger partial charge in [0, 0.05) is 11.6 Å². The number of aromatic nitrogens is 1. The third-order valence-electron chi connectivity index (χ3n) is 2.55. The summed E-state index contributed by atoms with van der Waals surface area (Å²) in [6.45, 7) is 3.88. The summed E-state index contributed by atoms with van der Waals surface area (Å²) >= 11 is 0. The van der Waals surface area contributed by atoms with Gasteiger partial charge >= 0.3 is 0 Å². The van der Waals surface area contributed by atoms with Gasteiger partial charge in [-0.05, 0) is 37.6 Å². The van der Waals surface area contributed by atoms with E-state index in [0.717, 1.165) is 11.3 Å². The Labute approximate surface area is 104 Å². The van der Waals surface area contributed by atoms with Gasteiger partial charge in [0.25, 0.3) is 5.91 Å². The summed E-state index contributed by atoms with van der Waals surface area (Å²) in [5, 5.41) is 15.7. The molecule has 94 valence electrons. The first-order valence-corrected chi connectivity index (χ1v) is 5.56. The molecule has 0 radical (unpaired) electrons. The molecule has 2 aromatic rings. The predicted octanol–water partition coefficient (Wildman–Crippen LogP) is 1.93. The van der Waals surface area contributed by atoms with E-state index in [0.29, 0.717) is 17.9 Å². The fraction of sp³-hybridized carbons (Fsp3) is 0.231. The topological polar surface area (TPSA) is 75.4 Å². The number of nitrogens with one attached hydrogen (secondary N) is 1. The Hall–Kier alpha value is -2.30. The summed E-state index contributed by atoms with van der Waals surface area (Å²) in [5.41, 5.74) is 2.03. The number of hydrogen-bond donors (Lipinski definition) is 2. The highest BCUT2D eigenvalue weighted by molar-refractivity contribution is 5.95. The first kappa shape index (κ1) is 12.2. The molecule has 0 atom stereocenters. The third kappa shape index (κ3) is 2.68. The molecule has 0 bridgehead atoms. The third-order valence-corrected chi connectivity index (χ3v) is 2.55. The molecule has 2 rings (SSSR count). The molecule has 0 aliphatic carbocycles. The van der Waals surface area contributed by atoms with E-state index in [1.807, 2.05) is 6.92 Å². The Kier molecular flexibility index (Phi) is 3.32. The van der Waals surface area contributed by atoms with Crippen molar-refractivity contribution < 1.29 is 14.4 Å². The SMILES string of the molecule is Cc1cc(CNC(=O)c2ccc(O)cc2C)on1. The maximum atomic E-state index is 11.9. The molecule has 0 aliphatic rings. The van der Waals surface area contributed by atoms with Gasteiger partial charge in [-0.1, -0.05) is 5.16 Å². The number of phenols is 1. The predicted molar refractivity (Wildman–Crippen MR) is 65.3 cm³/mol. The lowest BCUT2D eigenvalue weighted by Gasteiger charge is -2.06. The van der Waals surface area contributed by atoms with E-state index in [-0.39, 0.29) is 11.7 Å². The van der Waals surface area contributed by atoms with E-state index in [4.69, 9.17) is 4.52 Å². The van der Waals surface area contributed by atoms with Crippen molar-refractivity contribution in [3.8, 4) is 5.75 Å². The van der Waals surface area contributed by atoms with Crippen LogP contribution in [-0.2, 0) is 6.54 Å². The second-order valence-corrected chi connectivity index (χ2v) is 4.12. The second-order valence-electron chi connectivity index (χ2n) is 4.12. The summed E-state index contributed by atoms with van der Waals surface area (Å²) < 4.78 is 5.00. The van der Waals surface area contributed by atoms with Crippen LogP contribution in [-0.4, -0.2) is 16.2 Å². The number of hydrogen-bond acceptors (Lipinski definition) is 4. The summed E-state index contributed by atoms with van der Waals surface area (Å²) in [6, 6.07) is 6.39. The van der Waals surface area contributed by atoms with Gasteiger partial charge in [0.1, 0.15) is 5.75 Å². The smallest absolute Gasteiger partial charge is 0.251 e. The highest BCUT2D eigenvalue weighted by Gasteiger charge is 2.10. The minimum absolute atomic E-state index is 0.148. The van der Waals surface area contributed by atoms with Gasteiger partial charge in [-0.2, -0.15) is 0 Å². The molecule has 0 spiro atoms. The molecule has 1 amide bonds. The lowest BCUT2D eigenvalue weighted by atomic mass is 10.1. The van der Waals surface area contributed by atoms with Gasteiger partial charge in [0.2, 0.25) is 0 Å². The van der Waals surface area contributed by atoms with Crippen LogP contribution < -0.4 is 5.32 Å². The van der Waals surface area contributed by atoms with Crippen molar-refractivity contribution in [1.82, 2.24) is 10.5 Å². The quantitative estimate of drug-likeness (QED) is 0.867. The largest absolute Gasteiger partial charge is 0.508 e. The summed E-state index contributed by atoms with van der Waals surface area (Å²) in [7, 11) is 0. The summed E-state index contributed by atoms with van der Waals surface area (Å²) in [5.74, 6) is 0.550. The fourth-order valence-corrected chi connectivity index (χ4v) is 1.66. The highest BCUT2D eigenvalue weighted by Crippen LogP contribution is 2.15. The number of aryl methyl sites for hydroxylation is 2. The number of carbonyl (C=O) groups excluding carboxylic acids is 1. The van der Waals surface area contributed by atoms with Crippen LogP contribution in [0.5, 0.6) is 5.75 Å². The lowest BCUT2D eigenvalue weighted by molar-refractivity contribution is 0.0946. The van der Waals surface area contributed by atoms with Crippen LogP contribution in [0.4, 0.5) is 0 Å². The Bertz CT molecular complexity index is 575. The number of phenolic OH excluding ortho intramolecular Hbond substituents is 1. The average Bonchev–Trinajstić information content (AvgIpc) is 2.72. The zero-order valence-corrected chi connectivity index (χ0v) is 10.2. The van der Waals surface area contributed by atoms with Crippen molar-refractivity contribution in [3.63, 3.8) is 0 Å². The Balaban J connectivity index is 2.03. The van der Waals surface area contributed by atoms with Crippen LogP contribution in [0.2, 0.25) is 0 Å². The molecule has 1 heterocycles. The van der Waals surface area contributed by atoms with Crippen LogP contribution in [0, 0.1) is 13.8 Å². The van der Waals surface area contributed by atoms with Gasteiger partial charge in [0.15, 0.2) is 5.76 Å². The molecular weight excluding hydrogens is 232 g/mol. The Morgan fingerprint density at radius 2 is 2.17 bits per heavy atom. The summed E-state index contributed by atoms with van der Waals surface area (Å²) in [4.78, 5) is 11.9. The maximum Gasteiger partial charge on any atom is 0.251 e. The van der Waals surface area contributed by atoms with Gasteiger partial charge in [-0.3, -0.25) is 4.79 Å². The monoisotopic (exact) mass is 246 g/mol. The van der Waals surface area contributed by atoms with Crippen LogP contribution in [0.3, 0.4) is 0 Å². The van der Waals surface area contributed by atoms with Gasteiger partial charge in [-0.15, -0.1) is 0 Å². The van der Waals surface area contributed by atoms with Crippen molar-refractivity contribution in [2.75, 3.05) is 0 Å². The van der Waals surface area contributed by atoms with Crippen LogP contribution in [0.15, 0.2) is 28.8 Å². The Morgan fingerprint density at radius 3 is 2.78 bits per heavy atom. The molecule has 18 heavy (non-hydrogen) atoms. The van der Waals surface area contributed by atoms with Gasteiger partial charge < -0.3 is 14.9 Å². The second kappa shape index (κ2) is 4.91. The molecule has 1 aromatic carbocycles. The van der Waals surface area contributed by atoms with Crippen molar-refractivity contribution in [2.45, 2.75) is 20.4 Å². The van der Waals surface area contributed by atoms with Crippen LogP contribution in [0.1, 0.15) is 27.4 Å². The molecule has 0 unspecified atom stereocenters. The molecule has 2 N–H and O–H groups in total. The van der Waals surface area contributed by atoms with E-state index < -0.39 is 0 Å². The fourth-order valence-electron chi connectivity index (χ4n) is 1.66. The minimum Gasteiger partial charge on any atom is -0.508 e. The minimum atomic E-state index is -0.207. The van der Waals surface area contributed by atoms with Crippen molar-refractivity contribution in [1.29, 1.82) is 0 Å². The van der Waals surface area contributed by atoms with E-state index in [2.05, 4.69) is 10.5 Å². The molecular formula is C13H14N2O3. The maximum absolute atomic E-state index is 11.9. The molecule has 0 fully saturated rings. The zero-order chi connectivity index (χ0) is 13.1. The standard InChI is InChI=1S/C13H14N2O3/c1-8-5-10(16)3-4-12(8)13(17)14-7-11-6-9(2)15-18-11/h3-6,16H,7H2,1-2H3,(H,14,17). The first-order chi connectivity index (χ1) is 8.56. The van der Waals surface area contributed by atoms with E-state index in [9.17, 15) is 9.90 Å². The molecule has 0 saturated heterocycles. The molecule has 1 aromatic heterocycles. The Morgan fingerprint density at radius 1 is 1.39 bits per heavy atom. The van der Waals surface area contributed by atoms with E-state index in [1.165, 1.54) is 6.07 Å². The lowest BCUT2D eigenvalue weighted by Crippen LogP contribution is -2.23. The van der Waals surface area contributed by atoms with Crippen LogP contribution >= 0.6 is 0 Å². The average molecular weight is 246 g/mol. The first-order valence-electron chi connectivity index (χ1n) is 5.56. The molecule has 5 heteroatoms. The summed E-state index contributed by atoms with van der Waals surface area (Å²) in [6.07, 6.45) is 0. The number of rotatable bonds is 3. The van der Waals surface area contributed by atoms with Gasteiger partial charge in [-0.25, -0.2) is 0 Å². The number of nitrogens with zero attached hydrogens (tertiary/aromatic N) is 1. The number of aromatic hydroxyl groups is 1. The number of carbonyl (C=O) groups is 1. The van der Waals surface area contributed by atoms with E-state index in [1.54, 1.807) is 25.1 Å². The molecule has 5 nitrogen and oxygen atoms in total. The zero-order valence-electron chi connectivity index (χ0n) is 10.2.